The number of benzene rings is 1. The zero-order valence-electron chi connectivity index (χ0n) is 15.2. The summed E-state index contributed by atoms with van der Waals surface area (Å²) in [5, 5.41) is 7.79. The van der Waals surface area contributed by atoms with Crippen molar-refractivity contribution in [2.24, 2.45) is 0 Å². The zero-order chi connectivity index (χ0) is 17.5. The number of hydrogen-bond acceptors (Lipinski definition) is 3. The molecule has 1 N–H and O–H groups in total. The first-order chi connectivity index (χ1) is 12.2. The molecule has 0 radical (unpaired) electrons. The van der Waals surface area contributed by atoms with Crippen molar-refractivity contribution in [2.75, 3.05) is 26.7 Å². The number of carbonyl (C=O) groups is 1. The summed E-state index contributed by atoms with van der Waals surface area (Å²) >= 11 is 0. The Hall–Kier alpha value is -2.11. The van der Waals surface area contributed by atoms with Crippen molar-refractivity contribution in [3.63, 3.8) is 0 Å². The monoisotopic (exact) mass is 374 g/mol. The Morgan fingerprint density at radius 3 is 2.88 bits per heavy atom. The molecular formula is C20H27ClN4O. The van der Waals surface area contributed by atoms with Gasteiger partial charge in [-0.15, -0.1) is 12.4 Å². The number of nitrogens with one attached hydrogen (secondary N) is 1. The van der Waals surface area contributed by atoms with Gasteiger partial charge in [-0.2, -0.15) is 5.10 Å². The maximum atomic E-state index is 12.5. The van der Waals surface area contributed by atoms with Crippen LogP contribution < -0.4 is 5.32 Å². The number of piperidine rings is 1. The molecule has 2 aromatic rings. The lowest BCUT2D eigenvalue weighted by Gasteiger charge is -2.24. The molecule has 5 nitrogen and oxygen atoms in total. The molecule has 6 heteroatoms. The van der Waals surface area contributed by atoms with Gasteiger partial charge in [0.2, 0.25) is 5.91 Å². The number of hydrogen-bond donors (Lipinski definition) is 1. The third kappa shape index (κ3) is 5.44. The summed E-state index contributed by atoms with van der Waals surface area (Å²) in [4.78, 5) is 14.2. The van der Waals surface area contributed by atoms with Crippen molar-refractivity contribution >= 4 is 24.4 Å². The molecule has 140 valence electrons. The van der Waals surface area contributed by atoms with Crippen molar-refractivity contribution in [1.29, 1.82) is 0 Å². The van der Waals surface area contributed by atoms with Crippen LogP contribution in [-0.2, 0) is 11.3 Å². The molecule has 1 aromatic heterocycles. The van der Waals surface area contributed by atoms with Gasteiger partial charge in [0.25, 0.3) is 0 Å². The lowest BCUT2D eigenvalue weighted by molar-refractivity contribution is -0.130. The maximum absolute atomic E-state index is 12.5. The highest BCUT2D eigenvalue weighted by atomic mass is 35.5. The number of likely N-dealkylation sites (N-methyl/N-ethyl adjacent to an activating group) is 1. The summed E-state index contributed by atoms with van der Waals surface area (Å²) in [6, 6.07) is 12.2. The normalized spacial score (nSPS) is 17.0. The molecule has 0 spiro atoms. The predicted molar refractivity (Wildman–Crippen MR) is 107 cm³/mol. The van der Waals surface area contributed by atoms with Crippen LogP contribution in [0.15, 0.2) is 48.7 Å². The van der Waals surface area contributed by atoms with Crippen molar-refractivity contribution in [3.05, 3.63) is 59.9 Å². The Balaban J connectivity index is 0.00000243. The first kappa shape index (κ1) is 20.2. The van der Waals surface area contributed by atoms with Gasteiger partial charge in [-0.25, -0.2) is 0 Å². The van der Waals surface area contributed by atoms with Crippen molar-refractivity contribution in [3.8, 4) is 0 Å². The quantitative estimate of drug-likeness (QED) is 0.845. The Bertz CT molecular complexity index is 708. The Morgan fingerprint density at radius 2 is 2.15 bits per heavy atom. The number of amides is 1. The number of carbonyl (C=O) groups excluding carboxylic acids is 1. The molecule has 1 unspecified atom stereocenters. The summed E-state index contributed by atoms with van der Waals surface area (Å²) in [5.41, 5.74) is 2.30. The number of nitrogens with zero attached hydrogens (tertiary/aromatic N) is 3. The van der Waals surface area contributed by atoms with Gasteiger partial charge in [0.05, 0.1) is 0 Å². The maximum Gasteiger partial charge on any atom is 0.244 e. The fraction of sp³-hybridized carbons (Fsp3) is 0.400. The highest BCUT2D eigenvalue weighted by Gasteiger charge is 2.20. The van der Waals surface area contributed by atoms with Crippen LogP contribution in [0.2, 0.25) is 0 Å². The van der Waals surface area contributed by atoms with Crippen LogP contribution in [0.1, 0.15) is 30.0 Å². The number of rotatable bonds is 6. The van der Waals surface area contributed by atoms with Gasteiger partial charge in [-0.3, -0.25) is 9.48 Å². The van der Waals surface area contributed by atoms with Crippen LogP contribution in [0.3, 0.4) is 0 Å². The molecule has 1 saturated heterocycles. The van der Waals surface area contributed by atoms with E-state index in [1.54, 1.807) is 11.1 Å². The highest BCUT2D eigenvalue weighted by Crippen LogP contribution is 2.22. The third-order valence-corrected chi connectivity index (χ3v) is 4.66. The van der Waals surface area contributed by atoms with Gasteiger partial charge in [-0.05, 0) is 31.0 Å². The molecule has 1 aliphatic rings. The molecule has 0 aliphatic carbocycles. The minimum atomic E-state index is 0. The smallest absolute Gasteiger partial charge is 0.244 e. The molecule has 1 aliphatic heterocycles. The van der Waals surface area contributed by atoms with E-state index in [-0.39, 0.29) is 18.3 Å². The molecule has 3 rings (SSSR count). The van der Waals surface area contributed by atoms with Crippen LogP contribution >= 0.6 is 12.4 Å². The lowest BCUT2D eigenvalue weighted by atomic mass is 9.96. The van der Waals surface area contributed by atoms with E-state index in [2.05, 4.69) is 10.4 Å². The Morgan fingerprint density at radius 1 is 1.35 bits per heavy atom. The predicted octanol–water partition coefficient (Wildman–Crippen LogP) is 2.94. The van der Waals surface area contributed by atoms with Crippen LogP contribution in [0.25, 0.3) is 6.08 Å². The van der Waals surface area contributed by atoms with Crippen molar-refractivity contribution in [1.82, 2.24) is 20.0 Å². The molecule has 1 atom stereocenters. The molecule has 26 heavy (non-hydrogen) atoms. The minimum absolute atomic E-state index is 0. The molecule has 0 saturated carbocycles. The van der Waals surface area contributed by atoms with Crippen molar-refractivity contribution < 1.29 is 4.79 Å². The summed E-state index contributed by atoms with van der Waals surface area (Å²) < 4.78 is 1.86. The van der Waals surface area contributed by atoms with E-state index in [1.807, 2.05) is 60.3 Å². The van der Waals surface area contributed by atoms with Crippen molar-refractivity contribution in [2.45, 2.75) is 25.3 Å². The van der Waals surface area contributed by atoms with Gasteiger partial charge < -0.3 is 10.2 Å². The van der Waals surface area contributed by atoms with E-state index in [1.165, 1.54) is 6.42 Å². The number of halogens is 1. The largest absolute Gasteiger partial charge is 0.340 e. The van der Waals surface area contributed by atoms with Gasteiger partial charge >= 0.3 is 0 Å². The van der Waals surface area contributed by atoms with E-state index < -0.39 is 0 Å². The second-order valence-corrected chi connectivity index (χ2v) is 6.54. The van der Waals surface area contributed by atoms with Gasteiger partial charge in [0, 0.05) is 37.9 Å². The second kappa shape index (κ2) is 10.1. The topological polar surface area (TPSA) is 50.2 Å². The fourth-order valence-electron chi connectivity index (χ4n) is 3.19. The first-order valence-electron chi connectivity index (χ1n) is 8.92. The summed E-state index contributed by atoms with van der Waals surface area (Å²) in [6.07, 6.45) is 8.18. The first-order valence-corrected chi connectivity index (χ1v) is 8.92. The van der Waals surface area contributed by atoms with E-state index >= 15 is 0 Å². The summed E-state index contributed by atoms with van der Waals surface area (Å²) in [7, 11) is 1.84. The van der Waals surface area contributed by atoms with Gasteiger partial charge in [0.1, 0.15) is 6.54 Å². The van der Waals surface area contributed by atoms with Gasteiger partial charge in [0.15, 0.2) is 0 Å². The summed E-state index contributed by atoms with van der Waals surface area (Å²) in [6.45, 7) is 2.94. The molecule has 1 amide bonds. The minimum Gasteiger partial charge on any atom is -0.340 e. The van der Waals surface area contributed by atoms with Crippen LogP contribution in [0.4, 0.5) is 0 Å². The number of aromatic nitrogens is 2. The average molecular weight is 375 g/mol. The Labute approximate surface area is 161 Å². The van der Waals surface area contributed by atoms with Crippen LogP contribution in [-0.4, -0.2) is 47.3 Å². The van der Waals surface area contributed by atoms with Gasteiger partial charge in [-0.1, -0.05) is 42.5 Å². The molecule has 0 bridgehead atoms. The lowest BCUT2D eigenvalue weighted by Crippen LogP contribution is -2.33. The average Bonchev–Trinajstić information content (AvgIpc) is 3.11. The van der Waals surface area contributed by atoms with E-state index in [0.29, 0.717) is 19.0 Å². The molecule has 2 heterocycles. The SMILES string of the molecule is CN(CC=Cc1ccccc1)C(=O)Cn1nccc1C1CCCNC1.Cl. The standard InChI is InChI=1S/C20H26N4O.ClH/c1-23(14-6-9-17-7-3-2-4-8-17)20(25)16-24-19(11-13-22-24)18-10-5-12-21-15-18;/h2-4,6-9,11,13,18,21H,5,10,12,14-16H2,1H3;1H. The van der Waals surface area contributed by atoms with E-state index in [9.17, 15) is 4.79 Å². The zero-order valence-corrected chi connectivity index (χ0v) is 16.0. The van der Waals surface area contributed by atoms with E-state index in [0.717, 1.165) is 30.8 Å². The third-order valence-electron chi connectivity index (χ3n) is 4.66. The fourth-order valence-corrected chi connectivity index (χ4v) is 3.19. The Kier molecular flexibility index (Phi) is 7.88. The second-order valence-electron chi connectivity index (χ2n) is 6.54. The molecule has 1 fully saturated rings. The highest BCUT2D eigenvalue weighted by molar-refractivity contribution is 5.85. The van der Waals surface area contributed by atoms with Crippen LogP contribution in [0, 0.1) is 0 Å². The van der Waals surface area contributed by atoms with Crippen LogP contribution in [0.5, 0.6) is 0 Å². The molecule has 1 aromatic carbocycles. The van der Waals surface area contributed by atoms with E-state index in [4.69, 9.17) is 0 Å². The summed E-state index contributed by atoms with van der Waals surface area (Å²) in [5.74, 6) is 0.527. The molecular weight excluding hydrogens is 348 g/mol.